The quantitative estimate of drug-likeness (QED) is 0.572. The predicted octanol–water partition coefficient (Wildman–Crippen LogP) is 4.04. The Balaban J connectivity index is 1.57. The van der Waals surface area contributed by atoms with E-state index in [-0.39, 0.29) is 5.91 Å². The summed E-state index contributed by atoms with van der Waals surface area (Å²) in [5, 5.41) is 2.77. The lowest BCUT2D eigenvalue weighted by Gasteiger charge is -2.28. The van der Waals surface area contributed by atoms with Gasteiger partial charge in [0.25, 0.3) is 5.91 Å². The zero-order valence-electron chi connectivity index (χ0n) is 15.8. The average molecular weight is 414 g/mol. The van der Waals surface area contributed by atoms with E-state index in [1.54, 1.807) is 28.7 Å². The van der Waals surface area contributed by atoms with Crippen LogP contribution in [0.4, 0.5) is 5.13 Å². The van der Waals surface area contributed by atoms with Gasteiger partial charge >= 0.3 is 0 Å². The number of thiophene rings is 1. The third-order valence-electron chi connectivity index (χ3n) is 4.78. The number of anilines is 1. The number of carbonyl (C=O) groups is 1. The van der Waals surface area contributed by atoms with Crippen LogP contribution in [0.25, 0.3) is 16.3 Å². The second-order valence-corrected chi connectivity index (χ2v) is 8.70. The first-order valence-corrected chi connectivity index (χ1v) is 11.1. The highest BCUT2D eigenvalue weighted by Gasteiger charge is 2.20. The normalized spacial score (nSPS) is 15.5. The number of fused-ring (bicyclic) bond motifs is 1. The van der Waals surface area contributed by atoms with Crippen LogP contribution in [0, 0.1) is 6.92 Å². The molecule has 0 aliphatic carbocycles. The Morgan fingerprint density at radius 3 is 2.89 bits per heavy atom. The number of ether oxygens (including phenoxy) is 1. The summed E-state index contributed by atoms with van der Waals surface area (Å²) in [7, 11) is 0. The van der Waals surface area contributed by atoms with Gasteiger partial charge in [-0.25, -0.2) is 4.98 Å². The molecule has 0 N–H and O–H groups in total. The van der Waals surface area contributed by atoms with E-state index >= 15 is 0 Å². The minimum Gasteiger partial charge on any atom is -0.379 e. The monoisotopic (exact) mass is 413 g/mol. The molecule has 3 aromatic rings. The van der Waals surface area contributed by atoms with Crippen LogP contribution in [0.5, 0.6) is 0 Å². The summed E-state index contributed by atoms with van der Waals surface area (Å²) >= 11 is 3.20. The highest BCUT2D eigenvalue weighted by Crippen LogP contribution is 2.30. The van der Waals surface area contributed by atoms with Crippen LogP contribution >= 0.6 is 22.7 Å². The Hall–Kier alpha value is -2.06. The molecule has 1 aromatic carbocycles. The lowest BCUT2D eigenvalue weighted by atomic mass is 10.2. The van der Waals surface area contributed by atoms with Gasteiger partial charge in [0.05, 0.1) is 23.4 Å². The summed E-state index contributed by atoms with van der Waals surface area (Å²) in [6, 6.07) is 10.2. The Labute approximate surface area is 172 Å². The van der Waals surface area contributed by atoms with Gasteiger partial charge in [-0.1, -0.05) is 29.5 Å². The smallest absolute Gasteiger partial charge is 0.252 e. The van der Waals surface area contributed by atoms with Gasteiger partial charge in [-0.2, -0.15) is 0 Å². The van der Waals surface area contributed by atoms with Crippen LogP contribution in [-0.4, -0.2) is 55.2 Å². The summed E-state index contributed by atoms with van der Waals surface area (Å²) in [6.45, 7) is 6.82. The SMILES string of the molecule is Cc1cccc2sc(N(CCN3CCOCC3)C(=O)C=Cc3cccs3)nc12. The van der Waals surface area contributed by atoms with E-state index in [1.165, 1.54) is 0 Å². The molecule has 0 bridgehead atoms. The second kappa shape index (κ2) is 8.96. The molecule has 1 aliphatic rings. The first kappa shape index (κ1) is 19.3. The molecule has 1 aliphatic heterocycles. The molecule has 1 fully saturated rings. The number of nitrogens with zero attached hydrogens (tertiary/aromatic N) is 3. The van der Waals surface area contributed by atoms with Crippen molar-refractivity contribution in [3.8, 4) is 0 Å². The minimum absolute atomic E-state index is 0.0293. The number of morpholine rings is 1. The minimum atomic E-state index is -0.0293. The fraction of sp³-hybridized carbons (Fsp3) is 0.333. The van der Waals surface area contributed by atoms with Gasteiger partial charge in [0.1, 0.15) is 0 Å². The van der Waals surface area contributed by atoms with Crippen LogP contribution in [0.1, 0.15) is 10.4 Å². The summed E-state index contributed by atoms with van der Waals surface area (Å²) in [5.41, 5.74) is 2.11. The van der Waals surface area contributed by atoms with E-state index in [1.807, 2.05) is 34.6 Å². The molecule has 0 atom stereocenters. The first-order valence-electron chi connectivity index (χ1n) is 9.40. The van der Waals surface area contributed by atoms with Crippen molar-refractivity contribution in [2.24, 2.45) is 0 Å². The molecule has 2 aromatic heterocycles. The van der Waals surface area contributed by atoms with E-state index in [0.29, 0.717) is 6.54 Å². The number of benzene rings is 1. The third-order valence-corrected chi connectivity index (χ3v) is 6.66. The molecule has 0 saturated carbocycles. The second-order valence-electron chi connectivity index (χ2n) is 6.71. The van der Waals surface area contributed by atoms with Crippen molar-refractivity contribution in [3.05, 3.63) is 52.2 Å². The van der Waals surface area contributed by atoms with Gasteiger partial charge in [0.15, 0.2) is 5.13 Å². The fourth-order valence-corrected chi connectivity index (χ4v) is 4.88. The maximum Gasteiger partial charge on any atom is 0.252 e. The van der Waals surface area contributed by atoms with Crippen molar-refractivity contribution in [1.82, 2.24) is 9.88 Å². The molecule has 3 heterocycles. The van der Waals surface area contributed by atoms with Crippen molar-refractivity contribution in [2.45, 2.75) is 6.92 Å². The molecule has 146 valence electrons. The van der Waals surface area contributed by atoms with Gasteiger partial charge in [-0.15, -0.1) is 11.3 Å². The lowest BCUT2D eigenvalue weighted by Crippen LogP contribution is -2.42. The number of para-hydroxylation sites is 1. The molecule has 4 rings (SSSR count). The number of amides is 1. The molecule has 0 radical (unpaired) electrons. The maximum absolute atomic E-state index is 13.0. The van der Waals surface area contributed by atoms with E-state index in [0.717, 1.165) is 58.6 Å². The molecular formula is C21H23N3O2S2. The topological polar surface area (TPSA) is 45.7 Å². The largest absolute Gasteiger partial charge is 0.379 e. The Bertz CT molecular complexity index is 959. The highest BCUT2D eigenvalue weighted by molar-refractivity contribution is 7.22. The van der Waals surface area contributed by atoms with Gasteiger partial charge in [-0.05, 0) is 36.1 Å². The number of hydrogen-bond donors (Lipinski definition) is 0. The van der Waals surface area contributed by atoms with Crippen LogP contribution < -0.4 is 4.90 Å². The Morgan fingerprint density at radius 2 is 2.14 bits per heavy atom. The predicted molar refractivity (Wildman–Crippen MR) is 117 cm³/mol. The number of carbonyl (C=O) groups excluding carboxylic acids is 1. The van der Waals surface area contributed by atoms with Crippen molar-refractivity contribution in [2.75, 3.05) is 44.3 Å². The number of hydrogen-bond acceptors (Lipinski definition) is 6. The van der Waals surface area contributed by atoms with Gasteiger partial charge in [0.2, 0.25) is 0 Å². The molecule has 7 heteroatoms. The van der Waals surface area contributed by atoms with Gasteiger partial charge in [-0.3, -0.25) is 14.6 Å². The van der Waals surface area contributed by atoms with Crippen molar-refractivity contribution in [1.29, 1.82) is 0 Å². The molecule has 28 heavy (non-hydrogen) atoms. The van der Waals surface area contributed by atoms with E-state index in [9.17, 15) is 4.79 Å². The third kappa shape index (κ3) is 4.50. The zero-order chi connectivity index (χ0) is 19.3. The molecule has 0 spiro atoms. The number of thiazole rings is 1. The first-order chi connectivity index (χ1) is 13.7. The Kier molecular flexibility index (Phi) is 6.17. The Morgan fingerprint density at radius 1 is 1.29 bits per heavy atom. The van der Waals surface area contributed by atoms with E-state index in [2.05, 4.69) is 24.0 Å². The van der Waals surface area contributed by atoms with Gasteiger partial charge in [0, 0.05) is 37.1 Å². The highest BCUT2D eigenvalue weighted by atomic mass is 32.1. The molecule has 0 unspecified atom stereocenters. The van der Waals surface area contributed by atoms with Crippen molar-refractivity contribution in [3.63, 3.8) is 0 Å². The standard InChI is InChI=1S/C21H23N3O2S2/c1-16-4-2-6-18-20(16)22-21(28-18)24(10-9-23-11-13-26-14-12-23)19(25)8-7-17-5-3-15-27-17/h2-8,15H,9-14H2,1H3. The van der Waals surface area contributed by atoms with Crippen LogP contribution in [0.2, 0.25) is 0 Å². The molecule has 5 nitrogen and oxygen atoms in total. The molecule has 1 amide bonds. The number of aryl methyl sites for hydroxylation is 1. The summed E-state index contributed by atoms with van der Waals surface area (Å²) in [6.07, 6.45) is 3.54. The molecule has 1 saturated heterocycles. The molecular weight excluding hydrogens is 390 g/mol. The van der Waals surface area contributed by atoms with Gasteiger partial charge < -0.3 is 4.74 Å². The zero-order valence-corrected chi connectivity index (χ0v) is 17.5. The number of rotatable bonds is 6. The summed E-state index contributed by atoms with van der Waals surface area (Å²) in [5.74, 6) is -0.0293. The van der Waals surface area contributed by atoms with E-state index < -0.39 is 0 Å². The lowest BCUT2D eigenvalue weighted by molar-refractivity contribution is -0.114. The van der Waals surface area contributed by atoms with Crippen LogP contribution in [-0.2, 0) is 9.53 Å². The van der Waals surface area contributed by atoms with Crippen LogP contribution in [0.3, 0.4) is 0 Å². The maximum atomic E-state index is 13.0. The van der Waals surface area contributed by atoms with Crippen molar-refractivity contribution >= 4 is 50.0 Å². The van der Waals surface area contributed by atoms with E-state index in [4.69, 9.17) is 9.72 Å². The fourth-order valence-electron chi connectivity index (χ4n) is 3.19. The van der Waals surface area contributed by atoms with Crippen LogP contribution in [0.15, 0.2) is 41.8 Å². The summed E-state index contributed by atoms with van der Waals surface area (Å²) in [4.78, 5) is 23.1. The van der Waals surface area contributed by atoms with Crippen molar-refractivity contribution < 1.29 is 9.53 Å². The number of aromatic nitrogens is 1. The average Bonchev–Trinajstić information content (AvgIpc) is 3.38. The summed E-state index contributed by atoms with van der Waals surface area (Å²) < 4.78 is 6.54.